The van der Waals surface area contributed by atoms with E-state index in [1.165, 1.54) is 10.9 Å². The Labute approximate surface area is 230 Å². The van der Waals surface area contributed by atoms with Crippen molar-refractivity contribution in [3.8, 4) is 34.2 Å². The molecule has 0 atom stereocenters. The molecule has 6 heteroatoms. The molecular formula is C34H24N6. The molecule has 0 N–H and O–H groups in total. The Bertz CT molecular complexity index is 2050. The molecule has 0 amide bonds. The summed E-state index contributed by atoms with van der Waals surface area (Å²) in [5, 5.41) is 10.5. The summed E-state index contributed by atoms with van der Waals surface area (Å²) in [5.41, 5.74) is 9.23. The average Bonchev–Trinajstić information content (AvgIpc) is 3.62. The molecule has 0 aliphatic heterocycles. The van der Waals surface area contributed by atoms with Crippen molar-refractivity contribution in [2.75, 3.05) is 0 Å². The average molecular weight is 517 g/mol. The second-order valence-electron chi connectivity index (χ2n) is 9.97. The maximum atomic E-state index is 5.12. The number of aromatic nitrogens is 6. The van der Waals surface area contributed by atoms with Crippen molar-refractivity contribution in [3.63, 3.8) is 0 Å². The third kappa shape index (κ3) is 3.57. The third-order valence-corrected chi connectivity index (χ3v) is 7.58. The molecule has 4 heterocycles. The lowest BCUT2D eigenvalue weighted by Crippen LogP contribution is -2.03. The van der Waals surface area contributed by atoms with Crippen molar-refractivity contribution in [1.29, 1.82) is 0 Å². The van der Waals surface area contributed by atoms with E-state index >= 15 is 0 Å². The van der Waals surface area contributed by atoms with Gasteiger partial charge in [0.05, 0.1) is 28.1 Å². The fraction of sp³-hybridized carbons (Fsp3) is 0.0588. The quantitative estimate of drug-likeness (QED) is 0.244. The van der Waals surface area contributed by atoms with Crippen molar-refractivity contribution >= 4 is 28.0 Å². The van der Waals surface area contributed by atoms with Gasteiger partial charge in [-0.15, -0.1) is 5.10 Å². The molecule has 0 radical (unpaired) electrons. The normalized spacial score (nSPS) is 12.7. The van der Waals surface area contributed by atoms with Crippen LogP contribution in [0.5, 0.6) is 0 Å². The van der Waals surface area contributed by atoms with E-state index in [9.17, 15) is 0 Å². The van der Waals surface area contributed by atoms with Gasteiger partial charge in [0.1, 0.15) is 11.3 Å². The van der Waals surface area contributed by atoms with E-state index in [4.69, 9.17) is 15.1 Å². The maximum Gasteiger partial charge on any atom is 0.156 e. The molecule has 0 unspecified atom stereocenters. The summed E-state index contributed by atoms with van der Waals surface area (Å²) in [6.07, 6.45) is 6.46. The molecule has 0 saturated heterocycles. The zero-order chi connectivity index (χ0) is 26.5. The molecule has 3 aromatic carbocycles. The Morgan fingerprint density at radius 3 is 2.02 bits per heavy atom. The lowest BCUT2D eigenvalue weighted by atomic mass is 10.0. The van der Waals surface area contributed by atoms with Gasteiger partial charge in [-0.25, -0.2) is 9.97 Å². The summed E-state index contributed by atoms with van der Waals surface area (Å²) in [6, 6.07) is 37.0. The molecule has 6 nitrogen and oxygen atoms in total. The van der Waals surface area contributed by atoms with Crippen LogP contribution in [0.25, 0.3) is 62.2 Å². The SMILES string of the molecule is C1=Cc2c(c3ccc4c(nnn4-c4cccc(-c5ccccc5)n4)c3n2-c2cccc(-c3ccccc3)n2)CC1. The van der Waals surface area contributed by atoms with Gasteiger partial charge in [-0.1, -0.05) is 90.2 Å². The zero-order valence-electron chi connectivity index (χ0n) is 21.6. The standard InChI is InChI=1S/C34H24N6/c1-3-11-23(12-4-1)27-16-9-19-31(35-27)39-29-18-8-7-15-25(29)26-21-22-30-33(34(26)39)37-38-40(30)32-20-10-17-28(36-32)24-13-5-2-6-14-24/h1-6,8-14,16-22H,7,15H2. The minimum absolute atomic E-state index is 0.732. The summed E-state index contributed by atoms with van der Waals surface area (Å²) in [4.78, 5) is 10.1. The van der Waals surface area contributed by atoms with E-state index in [0.29, 0.717) is 0 Å². The number of aryl methyl sites for hydroxylation is 1. The Morgan fingerprint density at radius 1 is 0.625 bits per heavy atom. The number of hydrogen-bond donors (Lipinski definition) is 0. The number of rotatable bonds is 4. The molecular weight excluding hydrogens is 492 g/mol. The summed E-state index contributed by atoms with van der Waals surface area (Å²) < 4.78 is 4.09. The molecule has 0 fully saturated rings. The zero-order valence-corrected chi connectivity index (χ0v) is 21.6. The van der Waals surface area contributed by atoms with E-state index in [1.54, 1.807) is 0 Å². The van der Waals surface area contributed by atoms with Crippen molar-refractivity contribution < 1.29 is 0 Å². The largest absolute Gasteiger partial charge is 0.292 e. The van der Waals surface area contributed by atoms with Crippen molar-refractivity contribution in [1.82, 2.24) is 29.5 Å². The molecule has 190 valence electrons. The van der Waals surface area contributed by atoms with Crippen LogP contribution in [0, 0.1) is 0 Å². The summed E-state index contributed by atoms with van der Waals surface area (Å²) in [6.45, 7) is 0. The third-order valence-electron chi connectivity index (χ3n) is 7.58. The predicted molar refractivity (Wildman–Crippen MR) is 160 cm³/mol. The second-order valence-corrected chi connectivity index (χ2v) is 9.97. The predicted octanol–water partition coefficient (Wildman–Crippen LogP) is 7.45. The van der Waals surface area contributed by atoms with Crippen LogP contribution in [0.3, 0.4) is 0 Å². The van der Waals surface area contributed by atoms with Crippen LogP contribution >= 0.6 is 0 Å². The highest BCUT2D eigenvalue weighted by Crippen LogP contribution is 2.37. The Kier molecular flexibility index (Phi) is 5.16. The highest BCUT2D eigenvalue weighted by Gasteiger charge is 2.23. The van der Waals surface area contributed by atoms with Crippen LogP contribution in [0.4, 0.5) is 0 Å². The number of pyridine rings is 2. The molecule has 1 aliphatic carbocycles. The van der Waals surface area contributed by atoms with E-state index < -0.39 is 0 Å². The lowest BCUT2D eigenvalue weighted by molar-refractivity contribution is 0.802. The first kappa shape index (κ1) is 22.6. The van der Waals surface area contributed by atoms with Gasteiger partial charge in [0.15, 0.2) is 5.82 Å². The minimum Gasteiger partial charge on any atom is -0.292 e. The molecule has 7 aromatic rings. The Balaban J connectivity index is 1.35. The highest BCUT2D eigenvalue weighted by atomic mass is 15.4. The first-order valence-electron chi connectivity index (χ1n) is 13.5. The number of hydrogen-bond acceptors (Lipinski definition) is 4. The van der Waals surface area contributed by atoms with E-state index in [-0.39, 0.29) is 0 Å². The molecule has 0 saturated carbocycles. The Morgan fingerprint density at radius 2 is 1.30 bits per heavy atom. The van der Waals surface area contributed by atoms with Gasteiger partial charge in [-0.05, 0) is 54.8 Å². The topological polar surface area (TPSA) is 61.4 Å². The van der Waals surface area contributed by atoms with Crippen LogP contribution in [0.1, 0.15) is 17.7 Å². The van der Waals surface area contributed by atoms with Crippen LogP contribution in [-0.2, 0) is 6.42 Å². The van der Waals surface area contributed by atoms with Crippen LogP contribution in [-0.4, -0.2) is 29.5 Å². The van der Waals surface area contributed by atoms with Gasteiger partial charge in [-0.2, -0.15) is 4.68 Å². The second kappa shape index (κ2) is 9.13. The number of nitrogens with zero attached hydrogens (tertiary/aromatic N) is 6. The number of fused-ring (bicyclic) bond motifs is 5. The van der Waals surface area contributed by atoms with Gasteiger partial charge < -0.3 is 0 Å². The monoisotopic (exact) mass is 516 g/mol. The summed E-state index contributed by atoms with van der Waals surface area (Å²) >= 11 is 0. The first-order chi connectivity index (χ1) is 19.8. The van der Waals surface area contributed by atoms with Gasteiger partial charge in [0.25, 0.3) is 0 Å². The molecule has 1 aliphatic rings. The van der Waals surface area contributed by atoms with Crippen LogP contribution in [0.15, 0.2) is 115 Å². The van der Waals surface area contributed by atoms with Crippen molar-refractivity contribution in [2.45, 2.75) is 12.8 Å². The molecule has 4 aromatic heterocycles. The van der Waals surface area contributed by atoms with Crippen LogP contribution in [0.2, 0.25) is 0 Å². The smallest absolute Gasteiger partial charge is 0.156 e. The van der Waals surface area contributed by atoms with Crippen molar-refractivity contribution in [3.05, 3.63) is 127 Å². The van der Waals surface area contributed by atoms with E-state index in [2.05, 4.69) is 76.5 Å². The van der Waals surface area contributed by atoms with Gasteiger partial charge in [-0.3, -0.25) is 4.57 Å². The first-order valence-corrected chi connectivity index (χ1v) is 13.5. The fourth-order valence-corrected chi connectivity index (χ4v) is 5.74. The molecule has 0 spiro atoms. The number of allylic oxidation sites excluding steroid dienone is 1. The lowest BCUT2D eigenvalue weighted by Gasteiger charge is -2.12. The molecule has 0 bridgehead atoms. The van der Waals surface area contributed by atoms with Gasteiger partial charge in [0.2, 0.25) is 0 Å². The Hall–Kier alpha value is -5.36. The van der Waals surface area contributed by atoms with Crippen molar-refractivity contribution in [2.24, 2.45) is 0 Å². The van der Waals surface area contributed by atoms with Crippen LogP contribution < -0.4 is 0 Å². The highest BCUT2D eigenvalue weighted by molar-refractivity contribution is 6.06. The summed E-state index contributed by atoms with van der Waals surface area (Å²) in [7, 11) is 0. The van der Waals surface area contributed by atoms with Gasteiger partial charge >= 0.3 is 0 Å². The summed E-state index contributed by atoms with van der Waals surface area (Å²) in [5.74, 6) is 1.60. The molecule has 40 heavy (non-hydrogen) atoms. The molecule has 8 rings (SSSR count). The minimum atomic E-state index is 0.732. The van der Waals surface area contributed by atoms with E-state index in [1.807, 2.05) is 59.3 Å². The fourth-order valence-electron chi connectivity index (χ4n) is 5.74. The number of benzene rings is 3. The van der Waals surface area contributed by atoms with E-state index in [0.717, 1.165) is 69.2 Å². The maximum absolute atomic E-state index is 5.12. The van der Waals surface area contributed by atoms with Gasteiger partial charge in [0, 0.05) is 16.5 Å².